The maximum absolute atomic E-state index is 8.99. The van der Waals surface area contributed by atoms with Crippen LogP contribution in [0.4, 0.5) is 0 Å². The van der Waals surface area contributed by atoms with Gasteiger partial charge in [-0.3, -0.25) is 0 Å². The first-order valence-corrected chi connectivity index (χ1v) is 8.00. The van der Waals surface area contributed by atoms with Crippen LogP contribution in [0.15, 0.2) is 23.1 Å². The van der Waals surface area contributed by atoms with Crippen molar-refractivity contribution >= 4 is 11.8 Å². The Kier molecular flexibility index (Phi) is 5.10. The van der Waals surface area contributed by atoms with E-state index in [0.717, 1.165) is 6.42 Å². The van der Waals surface area contributed by atoms with Crippen LogP contribution in [0.1, 0.15) is 43.4 Å². The van der Waals surface area contributed by atoms with E-state index in [1.165, 1.54) is 35.3 Å². The van der Waals surface area contributed by atoms with Crippen LogP contribution in [0.3, 0.4) is 0 Å². The second-order valence-corrected chi connectivity index (χ2v) is 5.97. The molecule has 2 atom stereocenters. The molecule has 1 aliphatic carbocycles. The number of benzene rings is 1. The molecule has 3 heteroatoms. The van der Waals surface area contributed by atoms with Gasteiger partial charge in [0.2, 0.25) is 0 Å². The molecule has 1 aromatic rings. The highest BCUT2D eigenvalue weighted by Gasteiger charge is 2.21. The minimum absolute atomic E-state index is 0.263. The smallest absolute Gasteiger partial charge is 0.0445 e. The number of aryl methyl sites for hydroxylation is 1. The van der Waals surface area contributed by atoms with E-state index in [9.17, 15) is 0 Å². The summed E-state index contributed by atoms with van der Waals surface area (Å²) in [6, 6.07) is 7.69. The fourth-order valence-corrected chi connectivity index (χ4v) is 3.18. The topological polar surface area (TPSA) is 32.3 Å². The molecule has 0 saturated heterocycles. The molecule has 1 aromatic carbocycles. The number of fused-ring (bicyclic) bond motifs is 1. The SMILES string of the molecule is CSc1ccc2c(c1)CCCC2N[C@H](C)CCO. The van der Waals surface area contributed by atoms with E-state index in [1.807, 2.05) is 11.8 Å². The van der Waals surface area contributed by atoms with Crippen molar-refractivity contribution in [3.05, 3.63) is 29.3 Å². The number of rotatable bonds is 5. The van der Waals surface area contributed by atoms with Crippen LogP contribution in [0, 0.1) is 0 Å². The van der Waals surface area contributed by atoms with Gasteiger partial charge >= 0.3 is 0 Å². The number of hydrogen-bond acceptors (Lipinski definition) is 3. The number of aliphatic hydroxyl groups is 1. The molecular formula is C15H23NOS. The zero-order chi connectivity index (χ0) is 13.0. The second-order valence-electron chi connectivity index (χ2n) is 5.09. The van der Waals surface area contributed by atoms with Crippen molar-refractivity contribution in [2.24, 2.45) is 0 Å². The van der Waals surface area contributed by atoms with Gasteiger partial charge in [-0.25, -0.2) is 0 Å². The number of hydrogen-bond donors (Lipinski definition) is 2. The predicted molar refractivity (Wildman–Crippen MR) is 78.2 cm³/mol. The van der Waals surface area contributed by atoms with E-state index in [2.05, 4.69) is 36.7 Å². The largest absolute Gasteiger partial charge is 0.396 e. The summed E-state index contributed by atoms with van der Waals surface area (Å²) >= 11 is 1.81. The van der Waals surface area contributed by atoms with Crippen molar-refractivity contribution in [1.29, 1.82) is 0 Å². The maximum atomic E-state index is 8.99. The zero-order valence-electron chi connectivity index (χ0n) is 11.3. The Morgan fingerprint density at radius 1 is 1.50 bits per heavy atom. The molecule has 0 fully saturated rings. The molecule has 1 aliphatic rings. The number of aliphatic hydroxyl groups excluding tert-OH is 1. The standard InChI is InChI=1S/C15H23NOS/c1-11(8-9-17)16-15-5-3-4-12-10-13(18-2)6-7-14(12)15/h6-7,10-11,15-17H,3-5,8-9H2,1-2H3/t11-,15?/m1/s1. The summed E-state index contributed by atoms with van der Waals surface area (Å²) in [4.78, 5) is 1.36. The molecule has 2 nitrogen and oxygen atoms in total. The minimum atomic E-state index is 0.263. The lowest BCUT2D eigenvalue weighted by atomic mass is 9.87. The van der Waals surface area contributed by atoms with Gasteiger partial charge in [-0.1, -0.05) is 6.07 Å². The van der Waals surface area contributed by atoms with Gasteiger partial charge in [0.25, 0.3) is 0 Å². The molecule has 0 aromatic heterocycles. The quantitative estimate of drug-likeness (QED) is 0.802. The second kappa shape index (κ2) is 6.60. The summed E-state index contributed by atoms with van der Waals surface area (Å²) in [5.74, 6) is 0. The third kappa shape index (κ3) is 3.28. The first kappa shape index (κ1) is 13.9. The van der Waals surface area contributed by atoms with Crippen LogP contribution in [0.25, 0.3) is 0 Å². The Morgan fingerprint density at radius 3 is 3.06 bits per heavy atom. The lowest BCUT2D eigenvalue weighted by Gasteiger charge is -2.29. The van der Waals surface area contributed by atoms with Crippen molar-refractivity contribution < 1.29 is 5.11 Å². The predicted octanol–water partition coefficient (Wildman–Crippen LogP) is 3.15. The van der Waals surface area contributed by atoms with Gasteiger partial charge in [0.15, 0.2) is 0 Å². The Morgan fingerprint density at radius 2 is 2.33 bits per heavy atom. The molecule has 0 aliphatic heterocycles. The summed E-state index contributed by atoms with van der Waals surface area (Å²) in [7, 11) is 0. The molecule has 1 unspecified atom stereocenters. The normalized spacial score (nSPS) is 20.5. The van der Waals surface area contributed by atoms with E-state index >= 15 is 0 Å². The van der Waals surface area contributed by atoms with Crippen LogP contribution in [0.5, 0.6) is 0 Å². The molecule has 0 bridgehead atoms. The molecule has 0 saturated carbocycles. The van der Waals surface area contributed by atoms with Gasteiger partial charge in [0, 0.05) is 23.6 Å². The molecule has 0 heterocycles. The molecule has 0 amide bonds. The van der Waals surface area contributed by atoms with Crippen molar-refractivity contribution in [2.75, 3.05) is 12.9 Å². The van der Waals surface area contributed by atoms with Gasteiger partial charge in [0.1, 0.15) is 0 Å². The minimum Gasteiger partial charge on any atom is -0.396 e. The highest BCUT2D eigenvalue weighted by Crippen LogP contribution is 2.32. The number of nitrogens with one attached hydrogen (secondary N) is 1. The molecular weight excluding hydrogens is 242 g/mol. The first-order chi connectivity index (χ1) is 8.74. The van der Waals surface area contributed by atoms with Gasteiger partial charge in [-0.2, -0.15) is 0 Å². The number of thioether (sulfide) groups is 1. The van der Waals surface area contributed by atoms with Crippen LogP contribution in [-0.4, -0.2) is 24.0 Å². The van der Waals surface area contributed by atoms with E-state index in [-0.39, 0.29) is 6.61 Å². The zero-order valence-corrected chi connectivity index (χ0v) is 12.1. The highest BCUT2D eigenvalue weighted by atomic mass is 32.2. The van der Waals surface area contributed by atoms with Crippen molar-refractivity contribution in [3.8, 4) is 0 Å². The fraction of sp³-hybridized carbons (Fsp3) is 0.600. The molecule has 0 spiro atoms. The van der Waals surface area contributed by atoms with Crippen LogP contribution >= 0.6 is 11.8 Å². The summed E-state index contributed by atoms with van der Waals surface area (Å²) in [5.41, 5.74) is 2.96. The van der Waals surface area contributed by atoms with Crippen molar-refractivity contribution in [3.63, 3.8) is 0 Å². The Labute approximate surface area is 114 Å². The summed E-state index contributed by atoms with van der Waals surface area (Å²) in [6.07, 6.45) is 6.63. The van der Waals surface area contributed by atoms with Crippen molar-refractivity contribution in [1.82, 2.24) is 5.32 Å². The molecule has 18 heavy (non-hydrogen) atoms. The molecule has 2 rings (SSSR count). The lowest BCUT2D eigenvalue weighted by Crippen LogP contribution is -2.33. The molecule has 100 valence electrons. The maximum Gasteiger partial charge on any atom is 0.0445 e. The van der Waals surface area contributed by atoms with Crippen LogP contribution < -0.4 is 5.32 Å². The first-order valence-electron chi connectivity index (χ1n) is 6.78. The lowest BCUT2D eigenvalue weighted by molar-refractivity contribution is 0.260. The van der Waals surface area contributed by atoms with Gasteiger partial charge in [0.05, 0.1) is 0 Å². The average molecular weight is 265 g/mol. The highest BCUT2D eigenvalue weighted by molar-refractivity contribution is 7.98. The Hall–Kier alpha value is -0.510. The molecule has 2 N–H and O–H groups in total. The summed E-state index contributed by atoms with van der Waals surface area (Å²) in [5, 5.41) is 12.6. The van der Waals surface area contributed by atoms with Crippen LogP contribution in [0.2, 0.25) is 0 Å². The van der Waals surface area contributed by atoms with Gasteiger partial charge < -0.3 is 10.4 Å². The van der Waals surface area contributed by atoms with E-state index in [0.29, 0.717) is 12.1 Å². The van der Waals surface area contributed by atoms with Crippen LogP contribution in [-0.2, 0) is 6.42 Å². The van der Waals surface area contributed by atoms with E-state index in [1.54, 1.807) is 0 Å². The van der Waals surface area contributed by atoms with E-state index in [4.69, 9.17) is 5.11 Å². The van der Waals surface area contributed by atoms with Crippen molar-refractivity contribution in [2.45, 2.75) is 49.6 Å². The Bertz CT molecular complexity index is 394. The third-order valence-corrected chi connectivity index (χ3v) is 4.44. The monoisotopic (exact) mass is 265 g/mol. The molecule has 0 radical (unpaired) electrons. The van der Waals surface area contributed by atoms with Gasteiger partial charge in [-0.05, 0) is 62.1 Å². The summed E-state index contributed by atoms with van der Waals surface area (Å²) < 4.78 is 0. The average Bonchev–Trinajstić information content (AvgIpc) is 2.38. The van der Waals surface area contributed by atoms with Gasteiger partial charge in [-0.15, -0.1) is 11.8 Å². The third-order valence-electron chi connectivity index (χ3n) is 3.71. The summed E-state index contributed by atoms with van der Waals surface area (Å²) in [6.45, 7) is 2.42. The Balaban J connectivity index is 2.12. The fourth-order valence-electron chi connectivity index (χ4n) is 2.71. The van der Waals surface area contributed by atoms with E-state index < -0.39 is 0 Å².